The van der Waals surface area contributed by atoms with Crippen molar-refractivity contribution in [1.82, 2.24) is 19.6 Å². The van der Waals surface area contributed by atoms with Crippen LogP contribution in [0.4, 0.5) is 0 Å². The van der Waals surface area contributed by atoms with Crippen molar-refractivity contribution in [3.63, 3.8) is 0 Å². The molecule has 0 amide bonds. The Morgan fingerprint density at radius 3 is 2.65 bits per heavy atom. The fraction of sp³-hybridized carbons (Fsp3) is 0.500. The summed E-state index contributed by atoms with van der Waals surface area (Å²) in [4.78, 5) is 31.6. The van der Waals surface area contributed by atoms with Crippen molar-refractivity contribution in [2.45, 2.75) is 19.3 Å². The molecule has 90 valence electrons. The lowest BCUT2D eigenvalue weighted by molar-refractivity contribution is 0.484. The topological polar surface area (TPSA) is 86.8 Å². The highest BCUT2D eigenvalue weighted by Crippen LogP contribution is 2.11. The molecule has 0 bridgehead atoms. The van der Waals surface area contributed by atoms with E-state index in [0.29, 0.717) is 5.65 Å². The molecule has 3 heterocycles. The maximum absolute atomic E-state index is 11.5. The van der Waals surface area contributed by atoms with Gasteiger partial charge >= 0.3 is 5.69 Å². The fourth-order valence-corrected chi connectivity index (χ4v) is 2.23. The number of imidazole rings is 1. The lowest BCUT2D eigenvalue weighted by atomic mass is 10.2. The maximum Gasteiger partial charge on any atom is 0.327 e. The van der Waals surface area contributed by atoms with Gasteiger partial charge < -0.3 is 5.01 Å². The average molecular weight is 235 g/mol. The summed E-state index contributed by atoms with van der Waals surface area (Å²) in [7, 11) is 0. The second-order valence-electron chi connectivity index (χ2n) is 4.21. The Kier molecular flexibility index (Phi) is 2.24. The van der Waals surface area contributed by atoms with Crippen molar-refractivity contribution in [1.29, 1.82) is 0 Å². The second kappa shape index (κ2) is 3.76. The number of nitrogens with one attached hydrogen (secondary N) is 2. The molecule has 0 radical (unpaired) electrons. The van der Waals surface area contributed by atoms with Crippen LogP contribution >= 0.6 is 0 Å². The molecule has 1 aliphatic rings. The average Bonchev–Trinajstić information content (AvgIpc) is 2.74. The molecule has 1 fully saturated rings. The molecule has 0 unspecified atom stereocenters. The van der Waals surface area contributed by atoms with Crippen LogP contribution < -0.4 is 16.3 Å². The predicted octanol–water partition coefficient (Wildman–Crippen LogP) is -0.465. The van der Waals surface area contributed by atoms with Crippen LogP contribution in [0.15, 0.2) is 15.9 Å². The molecule has 17 heavy (non-hydrogen) atoms. The normalized spacial score (nSPS) is 16.6. The van der Waals surface area contributed by atoms with Crippen LogP contribution in [0.3, 0.4) is 0 Å². The van der Waals surface area contributed by atoms with Crippen LogP contribution in [-0.2, 0) is 0 Å². The lowest BCUT2D eigenvalue weighted by Crippen LogP contribution is -2.39. The molecule has 0 aromatic carbocycles. The molecule has 3 rings (SSSR count). The second-order valence-corrected chi connectivity index (χ2v) is 4.21. The summed E-state index contributed by atoms with van der Waals surface area (Å²) in [6.07, 6.45) is 5.04. The molecular weight excluding hydrogens is 222 g/mol. The SMILES string of the molecule is O=c1[nH]c(=O)c2ncn(N3CCCCC3)c2[nH]1. The summed E-state index contributed by atoms with van der Waals surface area (Å²) < 4.78 is 1.77. The minimum Gasteiger partial charge on any atom is -0.310 e. The zero-order valence-electron chi connectivity index (χ0n) is 9.27. The molecule has 2 N–H and O–H groups in total. The van der Waals surface area contributed by atoms with Crippen molar-refractivity contribution in [3.8, 4) is 0 Å². The third-order valence-corrected chi connectivity index (χ3v) is 3.06. The van der Waals surface area contributed by atoms with Crippen molar-refractivity contribution in [2.24, 2.45) is 0 Å². The van der Waals surface area contributed by atoms with E-state index in [1.54, 1.807) is 11.0 Å². The number of hydrogen-bond donors (Lipinski definition) is 2. The first-order valence-electron chi connectivity index (χ1n) is 5.70. The van der Waals surface area contributed by atoms with Gasteiger partial charge in [-0.25, -0.2) is 14.5 Å². The quantitative estimate of drug-likeness (QED) is 0.700. The summed E-state index contributed by atoms with van der Waals surface area (Å²) in [5.41, 5.74) is -0.198. The fourth-order valence-electron chi connectivity index (χ4n) is 2.23. The smallest absolute Gasteiger partial charge is 0.310 e. The summed E-state index contributed by atoms with van der Waals surface area (Å²) in [5.74, 6) is 0. The van der Waals surface area contributed by atoms with E-state index in [0.717, 1.165) is 25.9 Å². The van der Waals surface area contributed by atoms with Gasteiger partial charge in [0.15, 0.2) is 11.2 Å². The highest BCUT2D eigenvalue weighted by molar-refractivity contribution is 5.69. The number of aromatic amines is 2. The molecule has 2 aromatic rings. The zero-order valence-corrected chi connectivity index (χ0v) is 9.27. The lowest BCUT2D eigenvalue weighted by Gasteiger charge is -2.29. The standard InChI is InChI=1S/C10H13N5O2/c16-9-7-8(12-10(17)13-9)15(6-11-7)14-4-2-1-3-5-14/h6H,1-5H2,(H2,12,13,16,17). The minimum absolute atomic E-state index is 0.273. The zero-order chi connectivity index (χ0) is 11.8. The molecule has 1 saturated heterocycles. The summed E-state index contributed by atoms with van der Waals surface area (Å²) in [5, 5.41) is 2.09. The van der Waals surface area contributed by atoms with E-state index in [1.165, 1.54) is 6.42 Å². The Morgan fingerprint density at radius 1 is 1.12 bits per heavy atom. The monoisotopic (exact) mass is 235 g/mol. The number of fused-ring (bicyclic) bond motifs is 1. The van der Waals surface area contributed by atoms with E-state index in [-0.39, 0.29) is 5.52 Å². The first-order chi connectivity index (χ1) is 8.25. The number of H-pyrrole nitrogens is 2. The van der Waals surface area contributed by atoms with Gasteiger partial charge in [0.25, 0.3) is 5.56 Å². The molecule has 7 heteroatoms. The van der Waals surface area contributed by atoms with Crippen LogP contribution in [0.1, 0.15) is 19.3 Å². The predicted molar refractivity (Wildman–Crippen MR) is 62.8 cm³/mol. The number of nitrogens with zero attached hydrogens (tertiary/aromatic N) is 3. The Hall–Kier alpha value is -2.05. The van der Waals surface area contributed by atoms with Crippen molar-refractivity contribution in [2.75, 3.05) is 18.1 Å². The van der Waals surface area contributed by atoms with Gasteiger partial charge in [0.05, 0.1) is 0 Å². The molecule has 1 aliphatic heterocycles. The largest absolute Gasteiger partial charge is 0.327 e. The number of aromatic nitrogens is 4. The van der Waals surface area contributed by atoms with Crippen LogP contribution in [0, 0.1) is 0 Å². The van der Waals surface area contributed by atoms with E-state index in [2.05, 4.69) is 20.0 Å². The van der Waals surface area contributed by atoms with E-state index in [1.807, 2.05) is 0 Å². The van der Waals surface area contributed by atoms with Crippen LogP contribution in [0.2, 0.25) is 0 Å². The first kappa shape index (κ1) is 10.1. The van der Waals surface area contributed by atoms with Gasteiger partial charge in [-0.2, -0.15) is 0 Å². The van der Waals surface area contributed by atoms with E-state index in [9.17, 15) is 9.59 Å². The highest BCUT2D eigenvalue weighted by atomic mass is 16.2. The molecule has 0 spiro atoms. The van der Waals surface area contributed by atoms with Gasteiger partial charge in [0.1, 0.15) is 6.33 Å². The van der Waals surface area contributed by atoms with Crippen LogP contribution in [-0.4, -0.2) is 32.7 Å². The third kappa shape index (κ3) is 1.63. The molecular formula is C10H13N5O2. The van der Waals surface area contributed by atoms with E-state index in [4.69, 9.17) is 0 Å². The minimum atomic E-state index is -0.499. The summed E-state index contributed by atoms with van der Waals surface area (Å²) >= 11 is 0. The Bertz CT molecular complexity index is 646. The Balaban J connectivity index is 2.17. The summed E-state index contributed by atoms with van der Waals surface area (Å²) in [6, 6.07) is 0. The van der Waals surface area contributed by atoms with Crippen LogP contribution in [0.25, 0.3) is 11.2 Å². The van der Waals surface area contributed by atoms with Gasteiger partial charge in [-0.1, -0.05) is 0 Å². The molecule has 0 aliphatic carbocycles. The van der Waals surface area contributed by atoms with Gasteiger partial charge in [-0.15, -0.1) is 0 Å². The molecule has 7 nitrogen and oxygen atoms in total. The highest BCUT2D eigenvalue weighted by Gasteiger charge is 2.15. The van der Waals surface area contributed by atoms with Gasteiger partial charge in [0, 0.05) is 13.1 Å². The number of rotatable bonds is 1. The maximum atomic E-state index is 11.5. The van der Waals surface area contributed by atoms with Gasteiger partial charge in [-0.05, 0) is 19.3 Å². The van der Waals surface area contributed by atoms with Crippen molar-refractivity contribution >= 4 is 11.2 Å². The van der Waals surface area contributed by atoms with E-state index >= 15 is 0 Å². The van der Waals surface area contributed by atoms with Gasteiger partial charge in [-0.3, -0.25) is 14.8 Å². The number of piperidine rings is 1. The Morgan fingerprint density at radius 2 is 1.88 bits per heavy atom. The number of hydrogen-bond acceptors (Lipinski definition) is 4. The Labute approximate surface area is 96.1 Å². The third-order valence-electron chi connectivity index (χ3n) is 3.06. The van der Waals surface area contributed by atoms with Crippen molar-refractivity contribution in [3.05, 3.63) is 27.2 Å². The van der Waals surface area contributed by atoms with Crippen molar-refractivity contribution < 1.29 is 0 Å². The van der Waals surface area contributed by atoms with Crippen LogP contribution in [0.5, 0.6) is 0 Å². The molecule has 0 atom stereocenters. The van der Waals surface area contributed by atoms with E-state index < -0.39 is 11.2 Å². The first-order valence-corrected chi connectivity index (χ1v) is 5.70. The molecule has 0 saturated carbocycles. The van der Waals surface area contributed by atoms with Gasteiger partial charge in [0.2, 0.25) is 0 Å². The summed E-state index contributed by atoms with van der Waals surface area (Å²) in [6.45, 7) is 1.83. The molecule has 2 aromatic heterocycles.